The summed E-state index contributed by atoms with van der Waals surface area (Å²) in [5, 5.41) is 4.57. The summed E-state index contributed by atoms with van der Waals surface area (Å²) in [7, 11) is -3.67. The van der Waals surface area contributed by atoms with Gasteiger partial charge in [0, 0.05) is 16.3 Å². The van der Waals surface area contributed by atoms with Crippen LogP contribution in [0.5, 0.6) is 0 Å². The fraction of sp³-hybridized carbons (Fsp3) is 0.0870. The van der Waals surface area contributed by atoms with Crippen LogP contribution in [-0.2, 0) is 10.0 Å². The fourth-order valence-electron chi connectivity index (χ4n) is 2.80. The molecular formula is C23H21ClN2O3S. The lowest BCUT2D eigenvalue weighted by molar-refractivity contribution is 0.0940. The second-order valence-corrected chi connectivity index (χ2v) is 8.63. The lowest BCUT2D eigenvalue weighted by atomic mass is 10.1. The fourth-order valence-corrected chi connectivity index (χ4v) is 3.97. The number of anilines is 1. The molecule has 0 bridgehead atoms. The zero-order valence-corrected chi connectivity index (χ0v) is 17.8. The van der Waals surface area contributed by atoms with Crippen LogP contribution in [0.15, 0.2) is 84.3 Å². The van der Waals surface area contributed by atoms with Gasteiger partial charge in [0.25, 0.3) is 15.9 Å². The number of hydrogen-bond donors (Lipinski definition) is 2. The molecule has 0 saturated carbocycles. The molecule has 0 fully saturated rings. The number of rotatable bonds is 7. The number of nitrogens with one attached hydrogen (secondary N) is 2. The SMILES string of the molecule is CC(NC(=O)c1ccc(NS(=O)(=O)/C=C/c2ccccc2)cc1)c1ccccc1Cl. The van der Waals surface area contributed by atoms with Crippen LogP contribution >= 0.6 is 11.6 Å². The van der Waals surface area contributed by atoms with E-state index < -0.39 is 10.0 Å². The molecule has 0 aromatic heterocycles. The molecule has 1 unspecified atom stereocenters. The minimum absolute atomic E-state index is 0.271. The van der Waals surface area contributed by atoms with Crippen LogP contribution in [0.3, 0.4) is 0 Å². The highest BCUT2D eigenvalue weighted by molar-refractivity contribution is 7.95. The molecule has 3 rings (SSSR count). The van der Waals surface area contributed by atoms with Crippen LogP contribution in [-0.4, -0.2) is 14.3 Å². The molecule has 0 spiro atoms. The maximum atomic E-state index is 12.5. The monoisotopic (exact) mass is 440 g/mol. The van der Waals surface area contributed by atoms with Gasteiger partial charge in [0.05, 0.1) is 11.4 Å². The predicted molar refractivity (Wildman–Crippen MR) is 122 cm³/mol. The molecule has 0 heterocycles. The van der Waals surface area contributed by atoms with Crippen molar-refractivity contribution in [3.05, 3.63) is 106 Å². The average Bonchev–Trinajstić information content (AvgIpc) is 2.73. The number of amides is 1. The van der Waals surface area contributed by atoms with E-state index in [1.807, 2.05) is 55.5 Å². The summed E-state index contributed by atoms with van der Waals surface area (Å²) in [5.41, 5.74) is 2.38. The molecule has 0 aliphatic rings. The smallest absolute Gasteiger partial charge is 0.255 e. The molecule has 1 atom stereocenters. The lowest BCUT2D eigenvalue weighted by Gasteiger charge is -2.16. The van der Waals surface area contributed by atoms with Crippen molar-refractivity contribution >= 4 is 39.3 Å². The number of carbonyl (C=O) groups is 1. The molecule has 0 radical (unpaired) electrons. The number of hydrogen-bond acceptors (Lipinski definition) is 3. The zero-order chi connectivity index (χ0) is 21.6. The first kappa shape index (κ1) is 21.6. The summed E-state index contributed by atoms with van der Waals surface area (Å²) < 4.78 is 26.9. The van der Waals surface area contributed by atoms with Gasteiger partial charge < -0.3 is 5.32 Å². The highest BCUT2D eigenvalue weighted by atomic mass is 35.5. The van der Waals surface area contributed by atoms with Gasteiger partial charge in [0.15, 0.2) is 0 Å². The molecule has 30 heavy (non-hydrogen) atoms. The zero-order valence-electron chi connectivity index (χ0n) is 16.2. The molecule has 5 nitrogen and oxygen atoms in total. The normalized spacial score (nSPS) is 12.5. The van der Waals surface area contributed by atoms with Crippen LogP contribution in [0.25, 0.3) is 6.08 Å². The first-order valence-corrected chi connectivity index (χ1v) is 11.2. The topological polar surface area (TPSA) is 75.3 Å². The summed E-state index contributed by atoms with van der Waals surface area (Å²) in [4.78, 5) is 12.5. The Labute approximate surface area is 181 Å². The van der Waals surface area contributed by atoms with E-state index in [9.17, 15) is 13.2 Å². The number of carbonyl (C=O) groups excluding carboxylic acids is 1. The molecule has 0 aliphatic carbocycles. The van der Waals surface area contributed by atoms with Gasteiger partial charge in [0.1, 0.15) is 0 Å². The molecule has 7 heteroatoms. The van der Waals surface area contributed by atoms with Gasteiger partial charge in [0.2, 0.25) is 0 Å². The van der Waals surface area contributed by atoms with Crippen molar-refractivity contribution in [1.82, 2.24) is 5.32 Å². The molecule has 154 valence electrons. The average molecular weight is 441 g/mol. The van der Waals surface area contributed by atoms with Crippen molar-refractivity contribution in [2.45, 2.75) is 13.0 Å². The van der Waals surface area contributed by atoms with E-state index in [2.05, 4.69) is 10.0 Å². The van der Waals surface area contributed by atoms with E-state index in [4.69, 9.17) is 11.6 Å². The Morgan fingerprint density at radius 1 is 0.933 bits per heavy atom. The maximum absolute atomic E-state index is 12.5. The third-order valence-corrected chi connectivity index (χ3v) is 5.72. The lowest BCUT2D eigenvalue weighted by Crippen LogP contribution is -2.26. The first-order valence-electron chi connectivity index (χ1n) is 9.25. The quantitative estimate of drug-likeness (QED) is 0.527. The van der Waals surface area contributed by atoms with E-state index in [0.717, 1.165) is 16.5 Å². The van der Waals surface area contributed by atoms with Gasteiger partial charge in [-0.25, -0.2) is 8.42 Å². The van der Waals surface area contributed by atoms with E-state index in [1.165, 1.54) is 6.08 Å². The third-order valence-electron chi connectivity index (χ3n) is 4.37. The Kier molecular flexibility index (Phi) is 6.92. The minimum Gasteiger partial charge on any atom is -0.345 e. The Morgan fingerprint density at radius 3 is 2.23 bits per heavy atom. The van der Waals surface area contributed by atoms with Crippen LogP contribution in [0.4, 0.5) is 5.69 Å². The Morgan fingerprint density at radius 2 is 1.57 bits per heavy atom. The summed E-state index contributed by atoms with van der Waals surface area (Å²) in [6.07, 6.45) is 1.51. The van der Waals surface area contributed by atoms with Crippen LogP contribution in [0, 0.1) is 0 Å². The molecule has 3 aromatic rings. The van der Waals surface area contributed by atoms with Gasteiger partial charge in [-0.3, -0.25) is 9.52 Å². The maximum Gasteiger partial charge on any atom is 0.255 e. The van der Waals surface area contributed by atoms with Crippen molar-refractivity contribution in [3.8, 4) is 0 Å². The van der Waals surface area contributed by atoms with E-state index in [-0.39, 0.29) is 11.9 Å². The molecular weight excluding hydrogens is 420 g/mol. The molecule has 2 N–H and O–H groups in total. The second kappa shape index (κ2) is 9.61. The molecule has 0 saturated heterocycles. The van der Waals surface area contributed by atoms with Gasteiger partial charge in [-0.1, -0.05) is 60.1 Å². The first-order chi connectivity index (χ1) is 14.3. The van der Waals surface area contributed by atoms with E-state index in [1.54, 1.807) is 30.3 Å². The van der Waals surface area contributed by atoms with Gasteiger partial charge in [-0.2, -0.15) is 0 Å². The number of sulfonamides is 1. The largest absolute Gasteiger partial charge is 0.345 e. The Balaban J connectivity index is 1.63. The highest BCUT2D eigenvalue weighted by Crippen LogP contribution is 2.22. The van der Waals surface area contributed by atoms with E-state index >= 15 is 0 Å². The minimum atomic E-state index is -3.67. The van der Waals surface area contributed by atoms with Crippen molar-refractivity contribution < 1.29 is 13.2 Å². The Bertz CT molecular complexity index is 1140. The third kappa shape index (κ3) is 5.95. The summed E-state index contributed by atoms with van der Waals surface area (Å²) in [5.74, 6) is -0.277. The van der Waals surface area contributed by atoms with Crippen molar-refractivity contribution in [2.24, 2.45) is 0 Å². The number of halogens is 1. The summed E-state index contributed by atoms with van der Waals surface area (Å²) in [6, 6.07) is 22.4. The number of benzene rings is 3. The Hall–Kier alpha value is -3.09. The van der Waals surface area contributed by atoms with Crippen LogP contribution in [0.2, 0.25) is 5.02 Å². The van der Waals surface area contributed by atoms with E-state index in [0.29, 0.717) is 16.3 Å². The van der Waals surface area contributed by atoms with Crippen LogP contribution < -0.4 is 10.0 Å². The van der Waals surface area contributed by atoms with Crippen molar-refractivity contribution in [3.63, 3.8) is 0 Å². The molecule has 0 aliphatic heterocycles. The standard InChI is InChI=1S/C23H21ClN2O3S/c1-17(21-9-5-6-10-22(21)24)25-23(27)19-11-13-20(14-12-19)26-30(28,29)16-15-18-7-3-2-4-8-18/h2-17,26H,1H3,(H,25,27)/b16-15+. The van der Waals surface area contributed by atoms with Crippen molar-refractivity contribution in [1.29, 1.82) is 0 Å². The summed E-state index contributed by atoms with van der Waals surface area (Å²) in [6.45, 7) is 1.85. The van der Waals surface area contributed by atoms with Gasteiger partial charge in [-0.05, 0) is 54.5 Å². The molecule has 1 amide bonds. The van der Waals surface area contributed by atoms with Gasteiger partial charge >= 0.3 is 0 Å². The van der Waals surface area contributed by atoms with Crippen molar-refractivity contribution in [2.75, 3.05) is 4.72 Å². The second-order valence-electron chi connectivity index (χ2n) is 6.65. The molecule has 3 aromatic carbocycles. The highest BCUT2D eigenvalue weighted by Gasteiger charge is 2.14. The predicted octanol–water partition coefficient (Wildman–Crippen LogP) is 5.24. The van der Waals surface area contributed by atoms with Gasteiger partial charge in [-0.15, -0.1) is 0 Å². The van der Waals surface area contributed by atoms with Crippen LogP contribution in [0.1, 0.15) is 34.5 Å². The summed E-state index contributed by atoms with van der Waals surface area (Å²) >= 11 is 6.17.